The quantitative estimate of drug-likeness (QED) is 0.106. The lowest BCUT2D eigenvalue weighted by molar-refractivity contribution is -0.196. The molecule has 7 N–H and O–H groups in total. The number of ether oxygens (including phenoxy) is 4. The zero-order valence-corrected chi connectivity index (χ0v) is 28.2. The third-order valence-electron chi connectivity index (χ3n) is 7.25. The zero-order valence-electron chi connectivity index (χ0n) is 28.2. The maximum atomic E-state index is 12.6. The van der Waals surface area contributed by atoms with Crippen LogP contribution in [0.4, 0.5) is 0 Å². The lowest BCUT2D eigenvalue weighted by Crippen LogP contribution is -2.38. The molecule has 0 aromatic heterocycles. The first kappa shape index (κ1) is 44.7. The molecule has 0 aromatic carbocycles. The summed E-state index contributed by atoms with van der Waals surface area (Å²) in [6.45, 7) is 16.0. The Morgan fingerprint density at radius 2 is 1.23 bits per heavy atom. The summed E-state index contributed by atoms with van der Waals surface area (Å²) in [5.74, 6) is -1.42. The number of carbonyl (C=O) groups is 2. The number of hydrogen-bond donors (Lipinski definition) is 7. The van der Waals surface area contributed by atoms with Crippen LogP contribution in [0.15, 0.2) is 0 Å². The molecule has 44 heavy (non-hydrogen) atoms. The third kappa shape index (κ3) is 19.9. The summed E-state index contributed by atoms with van der Waals surface area (Å²) in [5, 5.41) is 66.5. The molecule has 0 spiro atoms. The maximum Gasteiger partial charge on any atom is 0.308 e. The van der Waals surface area contributed by atoms with Gasteiger partial charge in [0.25, 0.3) is 0 Å². The van der Waals surface area contributed by atoms with Gasteiger partial charge in [0.05, 0.1) is 56.1 Å². The second kappa shape index (κ2) is 24.8. The van der Waals surface area contributed by atoms with Crippen molar-refractivity contribution in [2.75, 3.05) is 13.2 Å². The van der Waals surface area contributed by atoms with E-state index in [2.05, 4.69) is 0 Å². The number of esters is 2. The molecule has 0 amide bonds. The molecule has 13 nitrogen and oxygen atoms in total. The van der Waals surface area contributed by atoms with Crippen LogP contribution in [0, 0.1) is 11.8 Å². The summed E-state index contributed by atoms with van der Waals surface area (Å²) < 4.78 is 21.5. The van der Waals surface area contributed by atoms with Crippen molar-refractivity contribution in [3.05, 3.63) is 0 Å². The summed E-state index contributed by atoms with van der Waals surface area (Å²) in [4.78, 5) is 24.4. The third-order valence-corrected chi connectivity index (χ3v) is 7.25. The van der Waals surface area contributed by atoms with Crippen LogP contribution in [-0.4, -0.2) is 122 Å². The molecule has 0 aliphatic carbocycles. The Morgan fingerprint density at radius 3 is 1.64 bits per heavy atom. The molecular weight excluding hydrogens is 580 g/mol. The summed E-state index contributed by atoms with van der Waals surface area (Å²) in [6.07, 6.45) is -7.69. The van der Waals surface area contributed by atoms with Crippen LogP contribution in [0.25, 0.3) is 0 Å². The van der Waals surface area contributed by atoms with Gasteiger partial charge in [-0.3, -0.25) is 9.59 Å². The number of rotatable bonds is 18. The van der Waals surface area contributed by atoms with Crippen LogP contribution < -0.4 is 0 Å². The minimum absolute atomic E-state index is 0.0131. The van der Waals surface area contributed by atoms with Crippen molar-refractivity contribution in [1.29, 1.82) is 0 Å². The normalized spacial score (nSPS) is 24.0. The molecule has 0 saturated carbocycles. The zero-order chi connectivity index (χ0) is 34.6. The molecule has 1 saturated heterocycles. The van der Waals surface area contributed by atoms with Gasteiger partial charge in [-0.25, -0.2) is 0 Å². The van der Waals surface area contributed by atoms with Gasteiger partial charge in [0, 0.05) is 12.8 Å². The van der Waals surface area contributed by atoms with Gasteiger partial charge < -0.3 is 54.7 Å². The van der Waals surface area contributed by atoms with E-state index in [9.17, 15) is 35.1 Å². The van der Waals surface area contributed by atoms with Crippen molar-refractivity contribution < 1.29 is 64.3 Å². The van der Waals surface area contributed by atoms with Gasteiger partial charge in [0.2, 0.25) is 0 Å². The molecule has 264 valence electrons. The molecule has 1 aliphatic rings. The Hall–Kier alpha value is -1.42. The average molecular weight is 643 g/mol. The summed E-state index contributed by atoms with van der Waals surface area (Å²) in [7, 11) is 0. The molecule has 0 aromatic rings. The second-order valence-electron chi connectivity index (χ2n) is 11.4. The second-order valence-corrected chi connectivity index (χ2v) is 11.4. The van der Waals surface area contributed by atoms with Crippen molar-refractivity contribution >= 4 is 11.9 Å². The van der Waals surface area contributed by atoms with Gasteiger partial charge >= 0.3 is 11.9 Å². The van der Waals surface area contributed by atoms with E-state index in [1.165, 1.54) is 6.92 Å². The van der Waals surface area contributed by atoms with Gasteiger partial charge in [0.15, 0.2) is 6.29 Å². The predicted octanol–water partition coefficient (Wildman–Crippen LogP) is 1.43. The highest BCUT2D eigenvalue weighted by Crippen LogP contribution is 2.25. The molecule has 1 heterocycles. The van der Waals surface area contributed by atoms with E-state index in [0.29, 0.717) is 6.42 Å². The average Bonchev–Trinajstić information content (AvgIpc) is 3.27. The first-order chi connectivity index (χ1) is 20.5. The molecule has 0 radical (unpaired) electrons. The van der Waals surface area contributed by atoms with Crippen LogP contribution in [0.1, 0.15) is 101 Å². The fourth-order valence-corrected chi connectivity index (χ4v) is 3.79. The smallest absolute Gasteiger partial charge is 0.308 e. The van der Waals surface area contributed by atoms with Crippen LogP contribution in [0.2, 0.25) is 0 Å². The van der Waals surface area contributed by atoms with Crippen LogP contribution >= 0.6 is 0 Å². The lowest BCUT2D eigenvalue weighted by Gasteiger charge is -2.30. The summed E-state index contributed by atoms with van der Waals surface area (Å²) in [5.41, 5.74) is 0. The van der Waals surface area contributed by atoms with E-state index in [0.717, 1.165) is 6.42 Å². The molecule has 0 bridgehead atoms. The Morgan fingerprint density at radius 1 is 0.773 bits per heavy atom. The van der Waals surface area contributed by atoms with Crippen molar-refractivity contribution in [3.63, 3.8) is 0 Å². The topological polar surface area (TPSA) is 213 Å². The Labute approximate surface area is 263 Å². The van der Waals surface area contributed by atoms with Gasteiger partial charge in [0.1, 0.15) is 24.9 Å². The maximum absolute atomic E-state index is 12.6. The summed E-state index contributed by atoms with van der Waals surface area (Å²) in [6, 6.07) is 0. The van der Waals surface area contributed by atoms with E-state index in [4.69, 9.17) is 29.2 Å². The minimum Gasteiger partial charge on any atom is -0.463 e. The molecule has 1 fully saturated rings. The molecule has 1 rings (SSSR count). The largest absolute Gasteiger partial charge is 0.463 e. The standard InChI is InChI=1S/C25H46O11.C4H10O2.C2H6/c1-6-14(3)20(8-17(27)10-22(30)33-12-16(5)26)35-23(31)11-18(28)9-21(15(4)7-2)36-25-24(32)19(29)13-34-25;1-3(5)4(2)6;1-2/h14-21,24-29,32H,6-13H2,1-5H3;3-6H,1-2H3;1-2H3/t14-,15-,16+,17-,18-,19-,20-,21-,24+,25-;3-,4+;/m0../s1. The van der Waals surface area contributed by atoms with E-state index in [1.54, 1.807) is 13.8 Å². The SMILES string of the molecule is CC.CC[C@H](C)[C@H](C[C@H](O)CC(=O)OC[C@@H](C)O)OC(=O)C[C@@H](O)C[C@H](O[C@@H]1OC[C@H](O)[C@H]1O)[C@@H](C)CC.C[C@H](O)[C@@H](C)O. The van der Waals surface area contributed by atoms with E-state index < -0.39 is 73.2 Å². The predicted molar refractivity (Wildman–Crippen MR) is 163 cm³/mol. The Kier molecular flexibility index (Phi) is 25.2. The number of carbonyl (C=O) groups excluding carboxylic acids is 2. The Balaban J connectivity index is 0. The van der Waals surface area contributed by atoms with Crippen molar-refractivity contribution in [2.45, 2.75) is 162 Å². The number of aliphatic hydroxyl groups is 7. The van der Waals surface area contributed by atoms with E-state index >= 15 is 0 Å². The summed E-state index contributed by atoms with van der Waals surface area (Å²) >= 11 is 0. The van der Waals surface area contributed by atoms with E-state index in [1.807, 2.05) is 41.5 Å². The van der Waals surface area contributed by atoms with Crippen LogP contribution in [-0.2, 0) is 28.5 Å². The first-order valence-electron chi connectivity index (χ1n) is 15.9. The van der Waals surface area contributed by atoms with Crippen LogP contribution in [0.3, 0.4) is 0 Å². The highest BCUT2D eigenvalue weighted by atomic mass is 16.7. The molecule has 1 aliphatic heterocycles. The Bertz CT molecular complexity index is 727. The highest BCUT2D eigenvalue weighted by Gasteiger charge is 2.38. The van der Waals surface area contributed by atoms with Gasteiger partial charge in [-0.2, -0.15) is 0 Å². The fraction of sp³-hybridized carbons (Fsp3) is 0.935. The van der Waals surface area contributed by atoms with Gasteiger partial charge in [-0.15, -0.1) is 0 Å². The molecular formula is C31H62O13. The number of hydrogen-bond acceptors (Lipinski definition) is 13. The monoisotopic (exact) mass is 642 g/mol. The van der Waals surface area contributed by atoms with Crippen LogP contribution in [0.5, 0.6) is 0 Å². The fourth-order valence-electron chi connectivity index (χ4n) is 3.79. The van der Waals surface area contributed by atoms with Gasteiger partial charge in [-0.05, 0) is 32.6 Å². The highest BCUT2D eigenvalue weighted by molar-refractivity contribution is 5.70. The minimum atomic E-state index is -1.19. The first-order valence-corrected chi connectivity index (χ1v) is 15.9. The molecule has 13 heteroatoms. The molecule has 12 atom stereocenters. The van der Waals surface area contributed by atoms with Crippen molar-refractivity contribution in [1.82, 2.24) is 0 Å². The van der Waals surface area contributed by atoms with Crippen molar-refractivity contribution in [2.24, 2.45) is 11.8 Å². The molecule has 0 unspecified atom stereocenters. The number of aliphatic hydroxyl groups excluding tert-OH is 7. The lowest BCUT2D eigenvalue weighted by atomic mass is 9.94. The van der Waals surface area contributed by atoms with Crippen molar-refractivity contribution in [3.8, 4) is 0 Å². The van der Waals surface area contributed by atoms with Gasteiger partial charge in [-0.1, -0.05) is 54.4 Å². The van der Waals surface area contributed by atoms with E-state index in [-0.39, 0.29) is 50.7 Å².